The third-order valence-corrected chi connectivity index (χ3v) is 4.77. The van der Waals surface area contributed by atoms with Crippen LogP contribution in [0.15, 0.2) is 6.20 Å². The monoisotopic (exact) mass is 277 g/mol. The Morgan fingerprint density at radius 2 is 2.10 bits per heavy atom. The standard InChI is InChI=1S/C15H27N5/c1-19-10-14(17-18-19)11-20-9-5-8-16-15(12-20)13-6-3-2-4-7-13/h10,13,15-16H,2-9,11-12H2,1H3. The lowest BCUT2D eigenvalue weighted by atomic mass is 9.83. The first-order valence-electron chi connectivity index (χ1n) is 8.12. The van der Waals surface area contributed by atoms with Gasteiger partial charge in [0, 0.05) is 32.4 Å². The zero-order valence-corrected chi connectivity index (χ0v) is 12.6. The molecule has 1 saturated heterocycles. The van der Waals surface area contributed by atoms with Gasteiger partial charge in [-0.25, -0.2) is 0 Å². The quantitative estimate of drug-likeness (QED) is 0.911. The van der Waals surface area contributed by atoms with Crippen LogP contribution in [0.5, 0.6) is 0 Å². The van der Waals surface area contributed by atoms with Gasteiger partial charge in [-0.3, -0.25) is 9.58 Å². The predicted molar refractivity (Wildman–Crippen MR) is 79.3 cm³/mol. The molecule has 2 fully saturated rings. The highest BCUT2D eigenvalue weighted by Crippen LogP contribution is 2.27. The minimum atomic E-state index is 0.675. The van der Waals surface area contributed by atoms with Crippen LogP contribution in [-0.2, 0) is 13.6 Å². The third-order valence-electron chi connectivity index (χ3n) is 4.77. The van der Waals surface area contributed by atoms with Gasteiger partial charge in [0.05, 0.1) is 5.69 Å². The summed E-state index contributed by atoms with van der Waals surface area (Å²) in [5.41, 5.74) is 1.09. The van der Waals surface area contributed by atoms with Crippen LogP contribution in [0.3, 0.4) is 0 Å². The van der Waals surface area contributed by atoms with Gasteiger partial charge < -0.3 is 5.32 Å². The first kappa shape index (κ1) is 14.0. The van der Waals surface area contributed by atoms with Crippen LogP contribution in [0, 0.1) is 5.92 Å². The molecule has 1 N–H and O–H groups in total. The lowest BCUT2D eigenvalue weighted by Crippen LogP contribution is -2.43. The summed E-state index contributed by atoms with van der Waals surface area (Å²) in [4.78, 5) is 2.56. The summed E-state index contributed by atoms with van der Waals surface area (Å²) < 4.78 is 1.80. The van der Waals surface area contributed by atoms with E-state index in [0.29, 0.717) is 6.04 Å². The SMILES string of the molecule is Cn1cc(CN2CCCNC(C3CCCCC3)C2)nn1. The van der Waals surface area contributed by atoms with Crippen LogP contribution in [0.2, 0.25) is 0 Å². The van der Waals surface area contributed by atoms with Crippen molar-refractivity contribution in [1.29, 1.82) is 0 Å². The number of nitrogens with zero attached hydrogens (tertiary/aromatic N) is 4. The van der Waals surface area contributed by atoms with E-state index in [0.717, 1.165) is 24.7 Å². The number of aryl methyl sites for hydroxylation is 1. The highest BCUT2D eigenvalue weighted by molar-refractivity contribution is 4.93. The molecule has 1 aromatic rings. The average molecular weight is 277 g/mol. The summed E-state index contributed by atoms with van der Waals surface area (Å²) in [5.74, 6) is 0.881. The van der Waals surface area contributed by atoms with Gasteiger partial charge in [-0.1, -0.05) is 24.5 Å². The van der Waals surface area contributed by atoms with Gasteiger partial charge in [-0.05, 0) is 38.3 Å². The van der Waals surface area contributed by atoms with E-state index in [9.17, 15) is 0 Å². The molecule has 1 aromatic heterocycles. The van der Waals surface area contributed by atoms with E-state index >= 15 is 0 Å². The van der Waals surface area contributed by atoms with Crippen LogP contribution in [0.4, 0.5) is 0 Å². The fraction of sp³-hybridized carbons (Fsp3) is 0.867. The Labute approximate surface area is 121 Å². The molecule has 1 aliphatic heterocycles. The molecule has 2 aliphatic rings. The molecular weight excluding hydrogens is 250 g/mol. The van der Waals surface area contributed by atoms with Crippen LogP contribution >= 0.6 is 0 Å². The van der Waals surface area contributed by atoms with Crippen molar-refractivity contribution in [2.75, 3.05) is 19.6 Å². The summed E-state index contributed by atoms with van der Waals surface area (Å²) in [6, 6.07) is 0.675. The fourth-order valence-corrected chi connectivity index (χ4v) is 3.72. The molecule has 0 bridgehead atoms. The molecule has 0 amide bonds. The van der Waals surface area contributed by atoms with E-state index in [-0.39, 0.29) is 0 Å². The number of hydrogen-bond acceptors (Lipinski definition) is 4. The highest BCUT2D eigenvalue weighted by atomic mass is 15.4. The van der Waals surface area contributed by atoms with E-state index in [1.165, 1.54) is 51.6 Å². The minimum Gasteiger partial charge on any atom is -0.312 e. The normalized spacial score (nSPS) is 26.6. The van der Waals surface area contributed by atoms with Gasteiger partial charge in [0.25, 0.3) is 0 Å². The maximum atomic E-state index is 4.23. The molecule has 5 nitrogen and oxygen atoms in total. The van der Waals surface area contributed by atoms with Gasteiger partial charge in [-0.15, -0.1) is 5.10 Å². The Hall–Kier alpha value is -0.940. The molecule has 20 heavy (non-hydrogen) atoms. The summed E-state index contributed by atoms with van der Waals surface area (Å²) in [5, 5.41) is 12.1. The Morgan fingerprint density at radius 1 is 1.25 bits per heavy atom. The molecule has 3 rings (SSSR count). The second-order valence-electron chi connectivity index (χ2n) is 6.43. The molecule has 0 radical (unpaired) electrons. The molecule has 0 spiro atoms. The van der Waals surface area contributed by atoms with Crippen molar-refractivity contribution >= 4 is 0 Å². The second kappa shape index (κ2) is 6.68. The maximum absolute atomic E-state index is 4.23. The first-order valence-corrected chi connectivity index (χ1v) is 8.12. The van der Waals surface area contributed by atoms with Crippen LogP contribution < -0.4 is 5.32 Å². The zero-order chi connectivity index (χ0) is 13.8. The van der Waals surface area contributed by atoms with E-state index in [2.05, 4.69) is 20.5 Å². The summed E-state index contributed by atoms with van der Waals surface area (Å²) in [6.07, 6.45) is 10.4. The van der Waals surface area contributed by atoms with E-state index < -0.39 is 0 Å². The summed E-state index contributed by atoms with van der Waals surface area (Å²) in [6.45, 7) is 4.45. The second-order valence-corrected chi connectivity index (χ2v) is 6.43. The largest absolute Gasteiger partial charge is 0.312 e. The minimum absolute atomic E-state index is 0.675. The Bertz CT molecular complexity index is 410. The van der Waals surface area contributed by atoms with Gasteiger partial charge in [0.1, 0.15) is 0 Å². The Kier molecular flexibility index (Phi) is 4.68. The highest BCUT2D eigenvalue weighted by Gasteiger charge is 2.27. The van der Waals surface area contributed by atoms with Gasteiger partial charge in [0.15, 0.2) is 0 Å². The number of nitrogens with one attached hydrogen (secondary N) is 1. The van der Waals surface area contributed by atoms with E-state index in [4.69, 9.17) is 0 Å². The van der Waals surface area contributed by atoms with Crippen LogP contribution in [0.25, 0.3) is 0 Å². The predicted octanol–water partition coefficient (Wildman–Crippen LogP) is 1.56. The van der Waals surface area contributed by atoms with Gasteiger partial charge in [0.2, 0.25) is 0 Å². The molecule has 1 unspecified atom stereocenters. The molecule has 1 aliphatic carbocycles. The Morgan fingerprint density at radius 3 is 2.85 bits per heavy atom. The number of hydrogen-bond donors (Lipinski definition) is 1. The van der Waals surface area contributed by atoms with Crippen LogP contribution in [0.1, 0.15) is 44.2 Å². The topological polar surface area (TPSA) is 46.0 Å². The van der Waals surface area contributed by atoms with Crippen molar-refractivity contribution in [3.8, 4) is 0 Å². The summed E-state index contributed by atoms with van der Waals surface area (Å²) >= 11 is 0. The molecular formula is C15H27N5. The van der Waals surface area contributed by atoms with Crippen molar-refractivity contribution in [2.24, 2.45) is 13.0 Å². The van der Waals surface area contributed by atoms with Crippen molar-refractivity contribution < 1.29 is 0 Å². The third kappa shape index (κ3) is 3.58. The average Bonchev–Trinajstić information content (AvgIpc) is 2.74. The first-order chi connectivity index (χ1) is 9.81. The van der Waals surface area contributed by atoms with E-state index in [1.54, 1.807) is 4.68 Å². The Balaban J connectivity index is 1.59. The molecule has 2 heterocycles. The molecule has 1 saturated carbocycles. The molecule has 5 heteroatoms. The van der Waals surface area contributed by atoms with Gasteiger partial charge >= 0.3 is 0 Å². The van der Waals surface area contributed by atoms with Crippen molar-refractivity contribution in [2.45, 2.75) is 51.1 Å². The van der Waals surface area contributed by atoms with Crippen molar-refractivity contribution in [3.63, 3.8) is 0 Å². The molecule has 0 aromatic carbocycles. The maximum Gasteiger partial charge on any atom is 0.0967 e. The molecule has 1 atom stereocenters. The van der Waals surface area contributed by atoms with Gasteiger partial charge in [-0.2, -0.15) is 0 Å². The van der Waals surface area contributed by atoms with Crippen molar-refractivity contribution in [3.05, 3.63) is 11.9 Å². The van der Waals surface area contributed by atoms with Crippen molar-refractivity contribution in [1.82, 2.24) is 25.2 Å². The number of rotatable bonds is 3. The fourth-order valence-electron chi connectivity index (χ4n) is 3.72. The molecule has 112 valence electrons. The number of aromatic nitrogens is 3. The van der Waals surface area contributed by atoms with Crippen LogP contribution in [-0.4, -0.2) is 45.6 Å². The smallest absolute Gasteiger partial charge is 0.0967 e. The zero-order valence-electron chi connectivity index (χ0n) is 12.6. The van der Waals surface area contributed by atoms with E-state index in [1.807, 2.05) is 13.2 Å². The summed E-state index contributed by atoms with van der Waals surface area (Å²) in [7, 11) is 1.94. The lowest BCUT2D eigenvalue weighted by molar-refractivity contribution is 0.200. The lowest BCUT2D eigenvalue weighted by Gasteiger charge is -2.32.